The molecule has 4 aromatic rings. The van der Waals surface area contributed by atoms with Crippen LogP contribution in [0.5, 0.6) is 0 Å². The third-order valence-electron chi connectivity index (χ3n) is 7.33. The summed E-state index contributed by atoms with van der Waals surface area (Å²) in [7, 11) is -1.62. The fraction of sp³-hybridized carbons (Fsp3) is 0.235. The summed E-state index contributed by atoms with van der Waals surface area (Å²) in [6, 6.07) is 41.2. The Morgan fingerprint density at radius 3 is 1.05 bits per heavy atom. The second kappa shape index (κ2) is 14.4. The van der Waals surface area contributed by atoms with E-state index in [9.17, 15) is 9.59 Å². The van der Waals surface area contributed by atoms with Gasteiger partial charge in [-0.25, -0.2) is 0 Å². The van der Waals surface area contributed by atoms with Crippen molar-refractivity contribution >= 4 is 48.9 Å². The Bertz CT molecular complexity index is 1170. The topological polar surface area (TPSA) is 58.2 Å². The summed E-state index contributed by atoms with van der Waals surface area (Å²) in [5.41, 5.74) is 0. The van der Waals surface area contributed by atoms with E-state index < -0.39 is 15.8 Å². The maximum absolute atomic E-state index is 13.4. The maximum atomic E-state index is 13.4. The Kier molecular flexibility index (Phi) is 10.1. The lowest BCUT2D eigenvalue weighted by Crippen LogP contribution is -2.54. The van der Waals surface area contributed by atoms with Gasteiger partial charge in [0.25, 0.3) is 0 Å². The van der Waals surface area contributed by atoms with E-state index >= 15 is 0 Å². The Labute approximate surface area is 240 Å². The lowest BCUT2D eigenvalue weighted by Gasteiger charge is -2.33. The molecular weight excluding hydrogens is 530 g/mol. The summed E-state index contributed by atoms with van der Waals surface area (Å²) in [4.78, 5) is 26.9. The molecule has 2 amide bonds. The van der Waals surface area contributed by atoms with E-state index in [2.05, 4.69) is 59.2 Å². The van der Waals surface area contributed by atoms with Crippen molar-refractivity contribution in [3.05, 3.63) is 121 Å². The van der Waals surface area contributed by atoms with Crippen LogP contribution in [0.25, 0.3) is 0 Å². The van der Waals surface area contributed by atoms with Crippen LogP contribution in [-0.2, 0) is 9.59 Å². The SMILES string of the molecule is O=C(CP(c1ccccc1)c1ccccc1)N[C@@H]1CCCC[C@H]1NC(=O)CP(c1ccccc1)c1ccccc1. The van der Waals surface area contributed by atoms with Crippen LogP contribution in [0.15, 0.2) is 121 Å². The summed E-state index contributed by atoms with van der Waals surface area (Å²) >= 11 is 0. The molecule has 1 aliphatic carbocycles. The van der Waals surface area contributed by atoms with E-state index in [1.165, 1.54) is 21.2 Å². The average Bonchev–Trinajstić information content (AvgIpc) is 3.01. The van der Waals surface area contributed by atoms with Crippen LogP contribution >= 0.6 is 15.8 Å². The first-order valence-corrected chi connectivity index (χ1v) is 17.1. The Morgan fingerprint density at radius 1 is 0.500 bits per heavy atom. The molecule has 0 saturated heterocycles. The zero-order valence-corrected chi connectivity index (χ0v) is 24.4. The smallest absolute Gasteiger partial charge is 0.225 e. The van der Waals surface area contributed by atoms with Crippen LogP contribution < -0.4 is 31.9 Å². The van der Waals surface area contributed by atoms with Gasteiger partial charge in [-0.3, -0.25) is 9.59 Å². The first-order chi connectivity index (χ1) is 19.7. The van der Waals surface area contributed by atoms with Gasteiger partial charge in [-0.15, -0.1) is 0 Å². The highest BCUT2D eigenvalue weighted by molar-refractivity contribution is 7.74. The molecule has 0 bridgehead atoms. The van der Waals surface area contributed by atoms with Crippen LogP contribution in [0.4, 0.5) is 0 Å². The predicted octanol–water partition coefficient (Wildman–Crippen LogP) is 4.80. The van der Waals surface area contributed by atoms with Crippen LogP contribution in [0.3, 0.4) is 0 Å². The summed E-state index contributed by atoms with van der Waals surface area (Å²) in [6.07, 6.45) is 4.77. The molecule has 204 valence electrons. The van der Waals surface area contributed by atoms with E-state index in [1.807, 2.05) is 72.8 Å². The molecule has 4 aromatic carbocycles. The van der Waals surface area contributed by atoms with Gasteiger partial charge in [-0.05, 0) is 49.9 Å². The second-order valence-electron chi connectivity index (χ2n) is 10.1. The highest BCUT2D eigenvalue weighted by Gasteiger charge is 2.30. The zero-order chi connectivity index (χ0) is 27.6. The molecule has 1 fully saturated rings. The van der Waals surface area contributed by atoms with Crippen molar-refractivity contribution in [2.24, 2.45) is 0 Å². The van der Waals surface area contributed by atoms with Crippen LogP contribution in [0.2, 0.25) is 0 Å². The largest absolute Gasteiger partial charge is 0.351 e. The van der Waals surface area contributed by atoms with Gasteiger partial charge < -0.3 is 10.6 Å². The molecule has 0 aromatic heterocycles. The number of hydrogen-bond donors (Lipinski definition) is 2. The summed E-state index contributed by atoms with van der Waals surface area (Å²) in [6.45, 7) is 0. The molecule has 0 spiro atoms. The summed E-state index contributed by atoms with van der Waals surface area (Å²) in [5, 5.41) is 11.4. The van der Waals surface area contributed by atoms with E-state index in [0.717, 1.165) is 25.7 Å². The average molecular weight is 567 g/mol. The molecule has 0 aliphatic heterocycles. The van der Waals surface area contributed by atoms with Gasteiger partial charge in [-0.1, -0.05) is 134 Å². The van der Waals surface area contributed by atoms with Crippen molar-refractivity contribution in [3.63, 3.8) is 0 Å². The third kappa shape index (κ3) is 7.66. The van der Waals surface area contributed by atoms with Gasteiger partial charge in [0.2, 0.25) is 11.8 Å². The van der Waals surface area contributed by atoms with E-state index in [4.69, 9.17) is 0 Å². The minimum Gasteiger partial charge on any atom is -0.351 e. The molecule has 0 radical (unpaired) electrons. The predicted molar refractivity (Wildman–Crippen MR) is 170 cm³/mol. The third-order valence-corrected chi connectivity index (χ3v) is 12.2. The van der Waals surface area contributed by atoms with Crippen molar-refractivity contribution < 1.29 is 9.59 Å². The van der Waals surface area contributed by atoms with E-state index in [-0.39, 0.29) is 23.9 Å². The fourth-order valence-corrected chi connectivity index (χ4v) is 9.58. The maximum Gasteiger partial charge on any atom is 0.225 e. The van der Waals surface area contributed by atoms with Crippen molar-refractivity contribution in [3.8, 4) is 0 Å². The van der Waals surface area contributed by atoms with Gasteiger partial charge >= 0.3 is 0 Å². The Balaban J connectivity index is 1.25. The molecular formula is C34H36N2O2P2. The standard InChI is InChI=1S/C34H36N2O2P2/c37-33(25-39(27-15-5-1-6-16-27)28-17-7-2-8-18-28)35-31-23-13-14-24-32(31)36-34(38)26-40(29-19-9-3-10-20-29)30-21-11-4-12-22-30/h1-12,15-22,31-32H,13-14,23-26H2,(H,35,37)(H,36,38)/t31-,32-/m1/s1. The Morgan fingerprint density at radius 2 is 0.775 bits per heavy atom. The fourth-order valence-electron chi connectivity index (χ4n) is 5.36. The molecule has 1 aliphatic rings. The number of rotatable bonds is 10. The van der Waals surface area contributed by atoms with Crippen molar-refractivity contribution in [2.75, 3.05) is 12.3 Å². The van der Waals surface area contributed by atoms with Gasteiger partial charge in [0, 0.05) is 12.1 Å². The lowest BCUT2D eigenvalue weighted by atomic mass is 9.90. The molecule has 0 heterocycles. The van der Waals surface area contributed by atoms with Crippen LogP contribution in [0, 0.1) is 0 Å². The van der Waals surface area contributed by atoms with Crippen molar-refractivity contribution in [2.45, 2.75) is 37.8 Å². The molecule has 5 rings (SSSR count). The number of carbonyl (C=O) groups is 2. The number of nitrogens with one attached hydrogen (secondary N) is 2. The monoisotopic (exact) mass is 566 g/mol. The van der Waals surface area contributed by atoms with Crippen molar-refractivity contribution in [1.82, 2.24) is 10.6 Å². The number of carbonyl (C=O) groups excluding carboxylic acids is 2. The molecule has 2 N–H and O–H groups in total. The quantitative estimate of drug-likeness (QED) is 0.271. The van der Waals surface area contributed by atoms with Gasteiger partial charge in [0.1, 0.15) is 0 Å². The van der Waals surface area contributed by atoms with Crippen molar-refractivity contribution in [1.29, 1.82) is 0 Å². The molecule has 4 nitrogen and oxygen atoms in total. The highest BCUT2D eigenvalue weighted by atomic mass is 31.1. The molecule has 6 heteroatoms. The number of amides is 2. The van der Waals surface area contributed by atoms with Gasteiger partial charge in [0.05, 0.1) is 12.3 Å². The van der Waals surface area contributed by atoms with Gasteiger partial charge in [0.15, 0.2) is 0 Å². The Hall–Kier alpha value is -3.32. The first kappa shape index (κ1) is 28.2. The van der Waals surface area contributed by atoms with Crippen LogP contribution in [-0.4, -0.2) is 36.2 Å². The normalized spacial score (nSPS) is 16.9. The minimum absolute atomic E-state index is 0.0479. The van der Waals surface area contributed by atoms with Crippen LogP contribution in [0.1, 0.15) is 25.7 Å². The van der Waals surface area contributed by atoms with E-state index in [1.54, 1.807) is 0 Å². The molecule has 1 saturated carbocycles. The number of hydrogen-bond acceptors (Lipinski definition) is 2. The minimum atomic E-state index is -0.808. The number of benzene rings is 4. The highest BCUT2D eigenvalue weighted by Crippen LogP contribution is 2.34. The second-order valence-corrected chi connectivity index (χ2v) is 14.6. The summed E-state index contributed by atoms with van der Waals surface area (Å²) in [5.74, 6) is 0.113. The molecule has 0 unspecified atom stereocenters. The van der Waals surface area contributed by atoms with Gasteiger partial charge in [-0.2, -0.15) is 0 Å². The molecule has 2 atom stereocenters. The molecule has 40 heavy (non-hydrogen) atoms. The lowest BCUT2D eigenvalue weighted by molar-refractivity contribution is -0.122. The first-order valence-electron chi connectivity index (χ1n) is 14.0. The zero-order valence-electron chi connectivity index (χ0n) is 22.7. The summed E-state index contributed by atoms with van der Waals surface area (Å²) < 4.78 is 0. The van der Waals surface area contributed by atoms with E-state index in [0.29, 0.717) is 12.3 Å².